The van der Waals surface area contributed by atoms with Crippen molar-refractivity contribution in [3.63, 3.8) is 0 Å². The molecule has 0 bridgehead atoms. The second-order valence-corrected chi connectivity index (χ2v) is 6.99. The Kier molecular flexibility index (Phi) is 6.47. The van der Waals surface area contributed by atoms with Crippen LogP contribution in [0.3, 0.4) is 0 Å². The molecule has 110 valence electrons. The van der Waals surface area contributed by atoms with Gasteiger partial charge in [0, 0.05) is 30.6 Å². The van der Waals surface area contributed by atoms with Gasteiger partial charge in [-0.3, -0.25) is 4.79 Å². The number of nitrogens with zero attached hydrogens (tertiary/aromatic N) is 2. The molecule has 0 aromatic rings. The Labute approximate surface area is 121 Å². The van der Waals surface area contributed by atoms with Crippen molar-refractivity contribution in [2.45, 2.75) is 37.4 Å². The summed E-state index contributed by atoms with van der Waals surface area (Å²) in [6, 6.07) is 0. The minimum atomic E-state index is 0.112. The predicted octanol–water partition coefficient (Wildman–Crippen LogP) is 1.16. The van der Waals surface area contributed by atoms with Crippen molar-refractivity contribution in [2.24, 2.45) is 5.73 Å². The lowest BCUT2D eigenvalue weighted by atomic mass is 10.1. The van der Waals surface area contributed by atoms with Gasteiger partial charge in [0.05, 0.1) is 6.54 Å². The number of carbonyl (C=O) groups excluding carboxylic acids is 1. The molecular formula is C14H27N3OS. The van der Waals surface area contributed by atoms with Gasteiger partial charge in [-0.15, -0.1) is 0 Å². The van der Waals surface area contributed by atoms with Crippen molar-refractivity contribution < 1.29 is 4.79 Å². The molecule has 1 atom stereocenters. The number of likely N-dealkylation sites (tertiary alicyclic amines) is 2. The summed E-state index contributed by atoms with van der Waals surface area (Å²) >= 11 is 2.05. The molecule has 0 aromatic carbocycles. The summed E-state index contributed by atoms with van der Waals surface area (Å²) in [7, 11) is 0. The highest BCUT2D eigenvalue weighted by atomic mass is 32.2. The van der Waals surface area contributed by atoms with Gasteiger partial charge < -0.3 is 15.5 Å². The number of carbonyl (C=O) groups is 1. The van der Waals surface area contributed by atoms with Crippen LogP contribution in [0.4, 0.5) is 0 Å². The highest BCUT2D eigenvalue weighted by molar-refractivity contribution is 7.99. The molecule has 2 aliphatic heterocycles. The van der Waals surface area contributed by atoms with E-state index in [-0.39, 0.29) is 12.5 Å². The third-order valence-corrected chi connectivity index (χ3v) is 5.39. The Morgan fingerprint density at radius 2 is 1.95 bits per heavy atom. The van der Waals surface area contributed by atoms with Crippen molar-refractivity contribution in [1.29, 1.82) is 0 Å². The number of nitrogens with two attached hydrogens (primary N) is 1. The molecule has 0 aromatic heterocycles. The molecule has 2 rings (SSSR count). The standard InChI is InChI=1S/C14H27N3OS/c15-11-14(18)17-8-4-5-13(12-17)19-10-9-16-6-2-1-3-7-16/h13H,1-12,15H2. The second kappa shape index (κ2) is 8.12. The van der Waals surface area contributed by atoms with Crippen LogP contribution < -0.4 is 5.73 Å². The minimum absolute atomic E-state index is 0.112. The topological polar surface area (TPSA) is 49.6 Å². The fourth-order valence-electron chi connectivity index (χ4n) is 2.96. The third kappa shape index (κ3) is 4.97. The Morgan fingerprint density at radius 1 is 1.16 bits per heavy atom. The average Bonchev–Trinajstić information content (AvgIpc) is 2.48. The largest absolute Gasteiger partial charge is 0.340 e. The van der Waals surface area contributed by atoms with E-state index in [9.17, 15) is 4.79 Å². The number of piperidine rings is 2. The van der Waals surface area contributed by atoms with Crippen LogP contribution >= 0.6 is 11.8 Å². The molecule has 2 heterocycles. The molecule has 2 saturated heterocycles. The fraction of sp³-hybridized carbons (Fsp3) is 0.929. The maximum Gasteiger partial charge on any atom is 0.236 e. The number of thioether (sulfide) groups is 1. The quantitative estimate of drug-likeness (QED) is 0.823. The van der Waals surface area contributed by atoms with Crippen LogP contribution in [0.2, 0.25) is 0 Å². The molecule has 5 heteroatoms. The van der Waals surface area contributed by atoms with E-state index in [1.807, 2.05) is 16.7 Å². The van der Waals surface area contributed by atoms with Gasteiger partial charge in [-0.25, -0.2) is 0 Å². The molecule has 1 unspecified atom stereocenters. The van der Waals surface area contributed by atoms with Gasteiger partial charge in [-0.1, -0.05) is 6.42 Å². The van der Waals surface area contributed by atoms with Crippen LogP contribution in [-0.2, 0) is 4.79 Å². The molecule has 2 aliphatic rings. The molecule has 1 amide bonds. The normalized spacial score (nSPS) is 25.5. The first-order chi connectivity index (χ1) is 9.29. The molecule has 0 radical (unpaired) electrons. The van der Waals surface area contributed by atoms with Gasteiger partial charge in [-0.2, -0.15) is 11.8 Å². The lowest BCUT2D eigenvalue weighted by Crippen LogP contribution is -2.44. The smallest absolute Gasteiger partial charge is 0.236 e. The maximum absolute atomic E-state index is 11.6. The van der Waals surface area contributed by atoms with Gasteiger partial charge in [0.15, 0.2) is 0 Å². The predicted molar refractivity (Wildman–Crippen MR) is 81.4 cm³/mol. The van der Waals surface area contributed by atoms with Crippen molar-refractivity contribution in [3.8, 4) is 0 Å². The monoisotopic (exact) mass is 285 g/mol. The fourth-order valence-corrected chi connectivity index (χ4v) is 4.28. The summed E-state index contributed by atoms with van der Waals surface area (Å²) in [6.45, 7) is 5.74. The Balaban J connectivity index is 1.63. The summed E-state index contributed by atoms with van der Waals surface area (Å²) in [5.41, 5.74) is 5.44. The third-order valence-electron chi connectivity index (χ3n) is 4.12. The maximum atomic E-state index is 11.6. The summed E-state index contributed by atoms with van der Waals surface area (Å²) < 4.78 is 0. The van der Waals surface area contributed by atoms with Gasteiger partial charge in [0.2, 0.25) is 5.91 Å². The van der Waals surface area contributed by atoms with E-state index in [1.165, 1.54) is 51.1 Å². The van der Waals surface area contributed by atoms with Crippen LogP contribution in [-0.4, -0.2) is 66.0 Å². The highest BCUT2D eigenvalue weighted by Crippen LogP contribution is 2.23. The van der Waals surface area contributed by atoms with Crippen molar-refractivity contribution in [2.75, 3.05) is 45.0 Å². The molecule has 2 fully saturated rings. The Morgan fingerprint density at radius 3 is 2.68 bits per heavy atom. The van der Waals surface area contributed by atoms with E-state index in [4.69, 9.17) is 5.73 Å². The zero-order chi connectivity index (χ0) is 13.5. The van der Waals surface area contributed by atoms with Crippen molar-refractivity contribution in [3.05, 3.63) is 0 Å². The number of rotatable bonds is 5. The highest BCUT2D eigenvalue weighted by Gasteiger charge is 2.23. The van der Waals surface area contributed by atoms with Crippen molar-refractivity contribution >= 4 is 17.7 Å². The van der Waals surface area contributed by atoms with Crippen LogP contribution in [0.25, 0.3) is 0 Å². The zero-order valence-electron chi connectivity index (χ0n) is 11.9. The van der Waals surface area contributed by atoms with Gasteiger partial charge in [0.1, 0.15) is 0 Å². The van der Waals surface area contributed by atoms with E-state index < -0.39 is 0 Å². The number of hydrogen-bond donors (Lipinski definition) is 1. The first-order valence-corrected chi connectivity index (χ1v) is 8.66. The van der Waals surface area contributed by atoms with E-state index >= 15 is 0 Å². The van der Waals surface area contributed by atoms with Crippen LogP contribution in [0.15, 0.2) is 0 Å². The molecular weight excluding hydrogens is 258 g/mol. The molecule has 2 N–H and O–H groups in total. The lowest BCUT2D eigenvalue weighted by molar-refractivity contribution is -0.130. The van der Waals surface area contributed by atoms with E-state index in [0.717, 1.165) is 19.5 Å². The SMILES string of the molecule is NCC(=O)N1CCCC(SCCN2CCCCC2)C1. The van der Waals surface area contributed by atoms with Crippen molar-refractivity contribution in [1.82, 2.24) is 9.80 Å². The zero-order valence-corrected chi connectivity index (χ0v) is 12.7. The summed E-state index contributed by atoms with van der Waals surface area (Å²) in [6.07, 6.45) is 6.52. The molecule has 0 spiro atoms. The van der Waals surface area contributed by atoms with Gasteiger partial charge in [-0.05, 0) is 38.8 Å². The van der Waals surface area contributed by atoms with Crippen LogP contribution in [0.1, 0.15) is 32.1 Å². The van der Waals surface area contributed by atoms with Gasteiger partial charge >= 0.3 is 0 Å². The summed E-state index contributed by atoms with van der Waals surface area (Å²) in [5, 5.41) is 0.619. The van der Waals surface area contributed by atoms with E-state index in [0.29, 0.717) is 5.25 Å². The Bertz CT molecular complexity index is 282. The lowest BCUT2D eigenvalue weighted by Gasteiger charge is -2.33. The Hall–Kier alpha value is -0.260. The van der Waals surface area contributed by atoms with E-state index in [2.05, 4.69) is 4.90 Å². The summed E-state index contributed by atoms with van der Waals surface area (Å²) in [4.78, 5) is 16.1. The number of amides is 1. The minimum Gasteiger partial charge on any atom is -0.340 e. The second-order valence-electron chi connectivity index (χ2n) is 5.58. The number of hydrogen-bond acceptors (Lipinski definition) is 4. The summed E-state index contributed by atoms with van der Waals surface area (Å²) in [5.74, 6) is 1.32. The average molecular weight is 285 g/mol. The van der Waals surface area contributed by atoms with Gasteiger partial charge in [0.25, 0.3) is 0 Å². The molecule has 19 heavy (non-hydrogen) atoms. The molecule has 0 aliphatic carbocycles. The van der Waals surface area contributed by atoms with E-state index in [1.54, 1.807) is 0 Å². The molecule has 0 saturated carbocycles. The van der Waals surface area contributed by atoms with Crippen LogP contribution in [0, 0.1) is 0 Å². The molecule has 4 nitrogen and oxygen atoms in total. The first-order valence-electron chi connectivity index (χ1n) is 7.61. The first kappa shape index (κ1) is 15.1. The van der Waals surface area contributed by atoms with Crippen LogP contribution in [0.5, 0.6) is 0 Å².